The van der Waals surface area contributed by atoms with Crippen LogP contribution in [0.3, 0.4) is 0 Å². The second-order valence-electron chi connectivity index (χ2n) is 5.61. The molecule has 2 aromatic carbocycles. The van der Waals surface area contributed by atoms with Gasteiger partial charge in [0.2, 0.25) is 10.0 Å². The van der Waals surface area contributed by atoms with Crippen LogP contribution in [0.2, 0.25) is 0 Å². The summed E-state index contributed by atoms with van der Waals surface area (Å²) in [5.41, 5.74) is 1.31. The third-order valence-electron chi connectivity index (χ3n) is 3.45. The summed E-state index contributed by atoms with van der Waals surface area (Å²) in [5.74, 6) is 0.101. The number of sulfonamides is 1. The van der Waals surface area contributed by atoms with Crippen LogP contribution in [0.25, 0.3) is 0 Å². The van der Waals surface area contributed by atoms with E-state index in [1.165, 1.54) is 38.4 Å². The van der Waals surface area contributed by atoms with Gasteiger partial charge in [-0.05, 0) is 37.3 Å². The van der Waals surface area contributed by atoms with Gasteiger partial charge in [0.15, 0.2) is 0 Å². The molecule has 7 heteroatoms. The number of carbonyl (C=O) groups is 1. The van der Waals surface area contributed by atoms with Gasteiger partial charge in [-0.1, -0.05) is 23.8 Å². The Bertz CT molecular complexity index is 829. The van der Waals surface area contributed by atoms with E-state index in [2.05, 4.69) is 0 Å². The maximum atomic E-state index is 12.1. The third-order valence-corrected chi connectivity index (χ3v) is 5.27. The summed E-state index contributed by atoms with van der Waals surface area (Å²) in [6.45, 7) is 2.26. The fourth-order valence-corrected chi connectivity index (χ4v) is 2.95. The molecule has 0 aliphatic carbocycles. The van der Waals surface area contributed by atoms with Crippen molar-refractivity contribution in [2.45, 2.75) is 11.8 Å². The van der Waals surface area contributed by atoms with Crippen molar-refractivity contribution < 1.29 is 22.7 Å². The molecule has 0 amide bonds. The molecule has 0 fully saturated rings. The molecule has 0 aliphatic rings. The van der Waals surface area contributed by atoms with Crippen LogP contribution in [0.4, 0.5) is 0 Å². The number of nitrogens with zero attached hydrogens (tertiary/aromatic N) is 1. The molecule has 0 unspecified atom stereocenters. The van der Waals surface area contributed by atoms with Crippen LogP contribution < -0.4 is 4.74 Å². The Balaban J connectivity index is 1.92. The molecule has 0 atom stereocenters. The van der Waals surface area contributed by atoms with E-state index in [4.69, 9.17) is 9.47 Å². The lowest BCUT2D eigenvalue weighted by molar-refractivity contribution is 0.0450. The molecule has 0 aliphatic heterocycles. The first-order valence-corrected chi connectivity index (χ1v) is 9.14. The van der Waals surface area contributed by atoms with Gasteiger partial charge >= 0.3 is 5.97 Å². The van der Waals surface area contributed by atoms with Gasteiger partial charge in [-0.25, -0.2) is 17.5 Å². The number of esters is 1. The minimum Gasteiger partial charge on any atom is -0.490 e. The number of hydrogen-bond donors (Lipinski definition) is 0. The van der Waals surface area contributed by atoms with E-state index in [1.54, 1.807) is 0 Å². The summed E-state index contributed by atoms with van der Waals surface area (Å²) in [5, 5.41) is 0. The summed E-state index contributed by atoms with van der Waals surface area (Å²) in [7, 11) is -0.730. The van der Waals surface area contributed by atoms with Gasteiger partial charge in [0.05, 0.1) is 10.5 Å². The average Bonchev–Trinajstić information content (AvgIpc) is 2.60. The quantitative estimate of drug-likeness (QED) is 0.558. The maximum absolute atomic E-state index is 12.1. The SMILES string of the molecule is Cc1ccc(OCCOC(=O)c2cccc(S(=O)(=O)N(C)C)c2)cc1. The van der Waals surface area contributed by atoms with Gasteiger partial charge < -0.3 is 9.47 Å². The zero-order chi connectivity index (χ0) is 18.4. The van der Waals surface area contributed by atoms with E-state index in [0.717, 1.165) is 9.87 Å². The van der Waals surface area contributed by atoms with Crippen molar-refractivity contribution in [2.24, 2.45) is 0 Å². The molecule has 0 N–H and O–H groups in total. The average molecular weight is 363 g/mol. The minimum atomic E-state index is -3.60. The van der Waals surface area contributed by atoms with Crippen LogP contribution in [0.5, 0.6) is 5.75 Å². The lowest BCUT2D eigenvalue weighted by atomic mass is 10.2. The van der Waals surface area contributed by atoms with Gasteiger partial charge in [-0.15, -0.1) is 0 Å². The van der Waals surface area contributed by atoms with E-state index in [9.17, 15) is 13.2 Å². The Morgan fingerprint density at radius 2 is 1.72 bits per heavy atom. The van der Waals surface area contributed by atoms with E-state index < -0.39 is 16.0 Å². The monoisotopic (exact) mass is 363 g/mol. The second kappa shape index (κ2) is 8.13. The molecule has 0 aromatic heterocycles. The summed E-state index contributed by atoms with van der Waals surface area (Å²) >= 11 is 0. The number of benzene rings is 2. The fourth-order valence-electron chi connectivity index (χ4n) is 2.01. The minimum absolute atomic E-state index is 0.0443. The van der Waals surface area contributed by atoms with Crippen LogP contribution in [0, 0.1) is 6.92 Å². The highest BCUT2D eigenvalue weighted by atomic mass is 32.2. The predicted molar refractivity (Wildman–Crippen MR) is 94.3 cm³/mol. The molecule has 25 heavy (non-hydrogen) atoms. The Morgan fingerprint density at radius 1 is 1.04 bits per heavy atom. The Morgan fingerprint density at radius 3 is 2.36 bits per heavy atom. The van der Waals surface area contributed by atoms with Crippen molar-refractivity contribution in [1.29, 1.82) is 0 Å². The third kappa shape index (κ3) is 5.04. The molecule has 0 saturated heterocycles. The van der Waals surface area contributed by atoms with E-state index >= 15 is 0 Å². The van der Waals surface area contributed by atoms with Crippen molar-refractivity contribution >= 4 is 16.0 Å². The number of carbonyl (C=O) groups excluding carboxylic acids is 1. The van der Waals surface area contributed by atoms with Crippen molar-refractivity contribution in [1.82, 2.24) is 4.31 Å². The number of ether oxygens (including phenoxy) is 2. The van der Waals surface area contributed by atoms with Gasteiger partial charge in [-0.3, -0.25) is 0 Å². The first-order chi connectivity index (χ1) is 11.8. The van der Waals surface area contributed by atoms with Crippen molar-refractivity contribution in [3.8, 4) is 5.75 Å². The van der Waals surface area contributed by atoms with E-state index in [0.29, 0.717) is 5.75 Å². The van der Waals surface area contributed by atoms with Crippen LogP contribution in [-0.4, -0.2) is 46.0 Å². The molecule has 0 spiro atoms. The molecule has 2 rings (SSSR count). The lowest BCUT2D eigenvalue weighted by Crippen LogP contribution is -2.22. The second-order valence-corrected chi connectivity index (χ2v) is 7.76. The van der Waals surface area contributed by atoms with Crippen molar-refractivity contribution in [3.63, 3.8) is 0 Å². The van der Waals surface area contributed by atoms with Crippen LogP contribution in [0.15, 0.2) is 53.4 Å². The normalized spacial score (nSPS) is 11.4. The van der Waals surface area contributed by atoms with E-state index in [1.807, 2.05) is 31.2 Å². The maximum Gasteiger partial charge on any atom is 0.338 e. The Labute approximate surface area is 148 Å². The zero-order valence-electron chi connectivity index (χ0n) is 14.4. The molecular formula is C18H21NO5S. The van der Waals surface area contributed by atoms with E-state index in [-0.39, 0.29) is 23.7 Å². The lowest BCUT2D eigenvalue weighted by Gasteiger charge is -2.12. The summed E-state index contributed by atoms with van der Waals surface area (Å²) < 4.78 is 35.9. The molecular weight excluding hydrogens is 342 g/mol. The van der Waals surface area contributed by atoms with Gasteiger partial charge in [-0.2, -0.15) is 0 Å². The number of rotatable bonds is 7. The Hall–Kier alpha value is -2.38. The molecule has 0 heterocycles. The standard InChI is InChI=1S/C18H21NO5S/c1-14-7-9-16(10-8-14)23-11-12-24-18(20)15-5-4-6-17(13-15)25(21,22)19(2)3/h4-10,13H,11-12H2,1-3H3. The first kappa shape index (κ1) is 19.0. The summed E-state index contributed by atoms with van der Waals surface area (Å²) in [6, 6.07) is 13.3. The van der Waals surface area contributed by atoms with Crippen LogP contribution in [-0.2, 0) is 14.8 Å². The fraction of sp³-hybridized carbons (Fsp3) is 0.278. The number of aryl methyl sites for hydroxylation is 1. The smallest absolute Gasteiger partial charge is 0.338 e. The molecule has 6 nitrogen and oxygen atoms in total. The van der Waals surface area contributed by atoms with Gasteiger partial charge in [0, 0.05) is 14.1 Å². The van der Waals surface area contributed by atoms with Gasteiger partial charge in [0.1, 0.15) is 19.0 Å². The number of hydrogen-bond acceptors (Lipinski definition) is 5. The topological polar surface area (TPSA) is 72.9 Å². The largest absolute Gasteiger partial charge is 0.490 e. The van der Waals surface area contributed by atoms with Crippen LogP contribution in [0.1, 0.15) is 15.9 Å². The predicted octanol–water partition coefficient (Wildman–Crippen LogP) is 2.48. The van der Waals surface area contributed by atoms with Crippen molar-refractivity contribution in [3.05, 3.63) is 59.7 Å². The first-order valence-electron chi connectivity index (χ1n) is 7.70. The highest BCUT2D eigenvalue weighted by Gasteiger charge is 2.19. The van der Waals surface area contributed by atoms with Gasteiger partial charge in [0.25, 0.3) is 0 Å². The molecule has 134 valence electrons. The molecule has 0 saturated carbocycles. The molecule has 0 bridgehead atoms. The Kier molecular flexibility index (Phi) is 6.17. The highest BCUT2D eigenvalue weighted by molar-refractivity contribution is 7.89. The summed E-state index contributed by atoms with van der Waals surface area (Å²) in [6.07, 6.45) is 0. The van der Waals surface area contributed by atoms with Crippen molar-refractivity contribution in [2.75, 3.05) is 27.3 Å². The van der Waals surface area contributed by atoms with Crippen LogP contribution >= 0.6 is 0 Å². The molecule has 0 radical (unpaired) electrons. The zero-order valence-corrected chi connectivity index (χ0v) is 15.2. The summed E-state index contributed by atoms with van der Waals surface area (Å²) in [4.78, 5) is 12.1. The molecule has 2 aromatic rings. The highest BCUT2D eigenvalue weighted by Crippen LogP contribution is 2.16.